The van der Waals surface area contributed by atoms with E-state index < -0.39 is 0 Å². The number of rotatable bonds is 5. The van der Waals surface area contributed by atoms with Gasteiger partial charge in [0.15, 0.2) is 11.5 Å². The topological polar surface area (TPSA) is 77.5 Å². The Morgan fingerprint density at radius 2 is 1.76 bits per heavy atom. The van der Waals surface area contributed by atoms with Gasteiger partial charge in [-0.15, -0.1) is 0 Å². The van der Waals surface area contributed by atoms with Crippen molar-refractivity contribution in [1.82, 2.24) is 0 Å². The average Bonchev–Trinajstić information content (AvgIpc) is 2.74. The minimum atomic E-state index is -0.344. The van der Waals surface area contributed by atoms with Gasteiger partial charge in [-0.25, -0.2) is 0 Å². The maximum absolute atomic E-state index is 9.82. The second-order valence-corrected chi connectivity index (χ2v) is 6.70. The molecule has 29 heavy (non-hydrogen) atoms. The van der Waals surface area contributed by atoms with Crippen LogP contribution < -0.4 is 19.9 Å². The molecular formula is C24H22N2O3. The lowest BCUT2D eigenvalue weighted by Gasteiger charge is -2.28. The maximum atomic E-state index is 9.82. The van der Waals surface area contributed by atoms with E-state index in [2.05, 4.69) is 6.07 Å². The number of benzene rings is 3. The average molecular weight is 386 g/mol. The molecule has 0 amide bonds. The van der Waals surface area contributed by atoms with Gasteiger partial charge in [0.25, 0.3) is 0 Å². The molecule has 3 aromatic carbocycles. The molecule has 0 aliphatic carbocycles. The highest BCUT2D eigenvalue weighted by Gasteiger charge is 2.32. The molecular weight excluding hydrogens is 364 g/mol. The number of nitrogens with two attached hydrogens (primary N) is 1. The van der Waals surface area contributed by atoms with E-state index in [1.807, 2.05) is 68.4 Å². The summed E-state index contributed by atoms with van der Waals surface area (Å²) in [6, 6.07) is 20.0. The molecule has 1 aliphatic heterocycles. The lowest BCUT2D eigenvalue weighted by molar-refractivity contribution is 0.287. The standard InChI is InChI=1S/C24H22N2O3/c1-3-27-20-12-10-16(13-21(20)28-4-2)22-18-11-9-15-7-5-6-8-17(15)23(18)29-24(26)19(22)14-25/h5-13,22H,3-4,26H2,1-2H3/t22-/m1/s1. The number of allylic oxidation sites excluding steroid dienone is 1. The smallest absolute Gasteiger partial charge is 0.205 e. The Hall–Kier alpha value is -3.65. The first-order valence-electron chi connectivity index (χ1n) is 9.66. The Kier molecular flexibility index (Phi) is 5.01. The van der Waals surface area contributed by atoms with Gasteiger partial charge in [-0.2, -0.15) is 5.26 Å². The van der Waals surface area contributed by atoms with Crippen LogP contribution in [0.15, 0.2) is 66.1 Å². The molecule has 1 atom stereocenters. The van der Waals surface area contributed by atoms with Gasteiger partial charge in [0, 0.05) is 10.9 Å². The molecule has 2 N–H and O–H groups in total. The van der Waals surface area contributed by atoms with Crippen LogP contribution in [-0.4, -0.2) is 13.2 Å². The van der Waals surface area contributed by atoms with Crippen molar-refractivity contribution in [2.75, 3.05) is 13.2 Å². The zero-order valence-electron chi connectivity index (χ0n) is 16.4. The molecule has 1 heterocycles. The molecule has 0 spiro atoms. The zero-order chi connectivity index (χ0) is 20.4. The number of hydrogen-bond donors (Lipinski definition) is 1. The highest BCUT2D eigenvalue weighted by molar-refractivity contribution is 5.91. The molecule has 5 heteroatoms. The van der Waals surface area contributed by atoms with Crippen LogP contribution in [0.2, 0.25) is 0 Å². The third kappa shape index (κ3) is 3.23. The van der Waals surface area contributed by atoms with E-state index in [1.54, 1.807) is 0 Å². The Labute approximate surface area is 169 Å². The van der Waals surface area contributed by atoms with Crippen LogP contribution in [0.5, 0.6) is 17.2 Å². The van der Waals surface area contributed by atoms with Crippen molar-refractivity contribution in [3.05, 3.63) is 77.2 Å². The van der Waals surface area contributed by atoms with Gasteiger partial charge in [0.1, 0.15) is 17.4 Å². The van der Waals surface area contributed by atoms with Crippen LogP contribution in [0.3, 0.4) is 0 Å². The van der Waals surface area contributed by atoms with E-state index in [-0.39, 0.29) is 11.8 Å². The van der Waals surface area contributed by atoms with Crippen LogP contribution >= 0.6 is 0 Å². The molecule has 0 radical (unpaired) electrons. The Balaban J connectivity index is 1.92. The van der Waals surface area contributed by atoms with E-state index in [0.29, 0.717) is 36.0 Å². The fourth-order valence-corrected chi connectivity index (χ4v) is 3.78. The van der Waals surface area contributed by atoms with E-state index >= 15 is 0 Å². The SMILES string of the molecule is CCOc1ccc([C@H]2C(C#N)=C(N)Oc3c2ccc2ccccc32)cc1OCC. The summed E-state index contributed by atoms with van der Waals surface area (Å²) >= 11 is 0. The highest BCUT2D eigenvalue weighted by Crippen LogP contribution is 2.46. The molecule has 4 rings (SSSR count). The Bertz CT molecular complexity index is 1140. The number of nitrogens with zero attached hydrogens (tertiary/aromatic N) is 1. The second-order valence-electron chi connectivity index (χ2n) is 6.70. The van der Waals surface area contributed by atoms with E-state index in [9.17, 15) is 5.26 Å². The number of ether oxygens (including phenoxy) is 3. The van der Waals surface area contributed by atoms with E-state index in [4.69, 9.17) is 19.9 Å². The summed E-state index contributed by atoms with van der Waals surface area (Å²) in [5, 5.41) is 11.8. The quantitative estimate of drug-likeness (QED) is 0.678. The van der Waals surface area contributed by atoms with Crippen molar-refractivity contribution in [2.24, 2.45) is 5.73 Å². The van der Waals surface area contributed by atoms with Crippen LogP contribution in [-0.2, 0) is 0 Å². The molecule has 0 saturated heterocycles. The first-order chi connectivity index (χ1) is 14.2. The van der Waals surface area contributed by atoms with E-state index in [1.165, 1.54) is 0 Å². The fourth-order valence-electron chi connectivity index (χ4n) is 3.78. The largest absolute Gasteiger partial charge is 0.490 e. The summed E-state index contributed by atoms with van der Waals surface area (Å²) in [6.07, 6.45) is 0. The number of fused-ring (bicyclic) bond motifs is 3. The van der Waals surface area contributed by atoms with Gasteiger partial charge in [-0.1, -0.05) is 42.5 Å². The summed E-state index contributed by atoms with van der Waals surface area (Å²) < 4.78 is 17.4. The zero-order valence-corrected chi connectivity index (χ0v) is 16.4. The molecule has 5 nitrogen and oxygen atoms in total. The van der Waals surface area contributed by atoms with Crippen molar-refractivity contribution in [3.63, 3.8) is 0 Å². The predicted molar refractivity (Wildman–Crippen MR) is 112 cm³/mol. The summed E-state index contributed by atoms with van der Waals surface area (Å²) in [4.78, 5) is 0. The molecule has 3 aromatic rings. The Morgan fingerprint density at radius 3 is 2.52 bits per heavy atom. The van der Waals surface area contributed by atoms with Crippen molar-refractivity contribution in [3.8, 4) is 23.3 Å². The van der Waals surface area contributed by atoms with Crippen LogP contribution in [0.25, 0.3) is 10.8 Å². The van der Waals surface area contributed by atoms with Gasteiger partial charge in [0.05, 0.1) is 19.1 Å². The normalized spacial score (nSPS) is 15.4. The highest BCUT2D eigenvalue weighted by atomic mass is 16.5. The first-order valence-corrected chi connectivity index (χ1v) is 9.66. The van der Waals surface area contributed by atoms with Crippen molar-refractivity contribution >= 4 is 10.8 Å². The fraction of sp³-hybridized carbons (Fsp3) is 0.208. The second kappa shape index (κ2) is 7.76. The summed E-state index contributed by atoms with van der Waals surface area (Å²) in [5.74, 6) is 1.81. The van der Waals surface area contributed by atoms with Crippen molar-refractivity contribution < 1.29 is 14.2 Å². The number of hydrogen-bond acceptors (Lipinski definition) is 5. The molecule has 0 unspecified atom stereocenters. The summed E-state index contributed by atoms with van der Waals surface area (Å²) in [6.45, 7) is 4.92. The van der Waals surface area contributed by atoms with Crippen molar-refractivity contribution in [1.29, 1.82) is 5.26 Å². The van der Waals surface area contributed by atoms with Crippen LogP contribution in [0.1, 0.15) is 30.9 Å². The monoisotopic (exact) mass is 386 g/mol. The van der Waals surface area contributed by atoms with Crippen molar-refractivity contribution in [2.45, 2.75) is 19.8 Å². The molecule has 0 saturated carbocycles. The molecule has 0 bridgehead atoms. The van der Waals surface area contributed by atoms with Gasteiger partial charge in [-0.05, 0) is 36.9 Å². The van der Waals surface area contributed by atoms with Gasteiger partial charge < -0.3 is 19.9 Å². The van der Waals surface area contributed by atoms with E-state index in [0.717, 1.165) is 21.9 Å². The lowest BCUT2D eigenvalue weighted by Crippen LogP contribution is -2.21. The van der Waals surface area contributed by atoms with Gasteiger partial charge in [0.2, 0.25) is 5.88 Å². The molecule has 146 valence electrons. The summed E-state index contributed by atoms with van der Waals surface area (Å²) in [7, 11) is 0. The maximum Gasteiger partial charge on any atom is 0.205 e. The molecule has 0 fully saturated rings. The van der Waals surface area contributed by atoms with Gasteiger partial charge >= 0.3 is 0 Å². The van der Waals surface area contributed by atoms with Gasteiger partial charge in [-0.3, -0.25) is 0 Å². The Morgan fingerprint density at radius 1 is 1.00 bits per heavy atom. The van der Waals surface area contributed by atoms with Crippen LogP contribution in [0.4, 0.5) is 0 Å². The minimum absolute atomic E-state index is 0.133. The lowest BCUT2D eigenvalue weighted by atomic mass is 9.82. The number of nitriles is 1. The summed E-state index contributed by atoms with van der Waals surface area (Å²) in [5.41, 5.74) is 8.37. The molecule has 0 aromatic heterocycles. The van der Waals surface area contributed by atoms with Crippen LogP contribution in [0, 0.1) is 11.3 Å². The first kappa shape index (κ1) is 18.7. The molecule has 1 aliphatic rings. The third-order valence-corrected chi connectivity index (χ3v) is 5.01. The predicted octanol–water partition coefficient (Wildman–Crippen LogP) is 4.86. The minimum Gasteiger partial charge on any atom is -0.490 e. The third-order valence-electron chi connectivity index (χ3n) is 5.01.